The molecule has 1 aliphatic heterocycles. The summed E-state index contributed by atoms with van der Waals surface area (Å²) in [6, 6.07) is 0. The van der Waals surface area contributed by atoms with Crippen LogP contribution in [0.4, 0.5) is 11.6 Å². The lowest BCUT2D eigenvalue weighted by atomic mass is 10.3. The molecule has 2 heterocycles. The summed E-state index contributed by atoms with van der Waals surface area (Å²) in [7, 11) is 0. The molecule has 0 radical (unpaired) electrons. The molecule has 0 spiro atoms. The van der Waals surface area contributed by atoms with Crippen LogP contribution < -0.4 is 16.7 Å². The first-order valence-electron chi connectivity index (χ1n) is 6.18. The van der Waals surface area contributed by atoms with Gasteiger partial charge in [0.05, 0.1) is 13.2 Å². The van der Waals surface area contributed by atoms with E-state index in [2.05, 4.69) is 25.8 Å². The minimum Gasteiger partial charge on any atom is -0.379 e. The number of hydrogen-bond acceptors (Lipinski definition) is 7. The van der Waals surface area contributed by atoms with Gasteiger partial charge in [0.15, 0.2) is 0 Å². The molecule has 1 fully saturated rings. The molecular weight excluding hydrogens is 232 g/mol. The minimum absolute atomic E-state index is 0.664. The first-order valence-corrected chi connectivity index (χ1v) is 6.18. The van der Waals surface area contributed by atoms with Crippen molar-refractivity contribution in [2.75, 3.05) is 37.2 Å². The number of ether oxygens (including phenoxy) is 1. The second-order valence-corrected chi connectivity index (χ2v) is 4.17. The van der Waals surface area contributed by atoms with Crippen LogP contribution in [-0.4, -0.2) is 41.3 Å². The third-order valence-corrected chi connectivity index (χ3v) is 2.92. The van der Waals surface area contributed by atoms with E-state index in [1.54, 1.807) is 0 Å². The zero-order valence-corrected chi connectivity index (χ0v) is 10.9. The fraction of sp³-hybridized carbons (Fsp3) is 0.636. The Morgan fingerprint density at radius 2 is 1.94 bits per heavy atom. The number of nitrogens with two attached hydrogens (primary N) is 1. The van der Waals surface area contributed by atoms with E-state index in [1.807, 2.05) is 13.8 Å². The van der Waals surface area contributed by atoms with Gasteiger partial charge in [0, 0.05) is 25.1 Å². The summed E-state index contributed by atoms with van der Waals surface area (Å²) in [5.74, 6) is 7.71. The number of nitrogens with one attached hydrogen (secondary N) is 2. The smallest absolute Gasteiger partial charge is 0.149 e. The lowest BCUT2D eigenvalue weighted by Gasteiger charge is -2.28. The maximum atomic E-state index is 5.47. The van der Waals surface area contributed by atoms with E-state index in [0.29, 0.717) is 5.82 Å². The maximum absolute atomic E-state index is 5.47. The molecule has 1 aromatic rings. The van der Waals surface area contributed by atoms with E-state index in [1.165, 1.54) is 0 Å². The molecule has 0 amide bonds. The quantitative estimate of drug-likeness (QED) is 0.524. The van der Waals surface area contributed by atoms with Gasteiger partial charge in [-0.1, -0.05) is 6.92 Å². The second kappa shape index (κ2) is 5.94. The zero-order chi connectivity index (χ0) is 13.0. The number of rotatable bonds is 4. The number of nitrogens with zero attached hydrogens (tertiary/aromatic N) is 3. The molecule has 0 aromatic carbocycles. The van der Waals surface area contributed by atoms with Gasteiger partial charge >= 0.3 is 0 Å². The van der Waals surface area contributed by atoms with Crippen molar-refractivity contribution in [3.05, 3.63) is 11.4 Å². The molecule has 100 valence electrons. The molecule has 4 N–H and O–H groups in total. The molecule has 7 heteroatoms. The number of nitrogen functional groups attached to an aromatic ring is 1. The summed E-state index contributed by atoms with van der Waals surface area (Å²) < 4.78 is 5.31. The Balaban J connectivity index is 2.19. The van der Waals surface area contributed by atoms with Crippen LogP contribution in [0.1, 0.15) is 18.3 Å². The Labute approximate surface area is 107 Å². The van der Waals surface area contributed by atoms with Gasteiger partial charge in [-0.2, -0.15) is 0 Å². The summed E-state index contributed by atoms with van der Waals surface area (Å²) in [6.07, 6.45) is 0.771. The molecule has 0 bridgehead atoms. The highest BCUT2D eigenvalue weighted by Crippen LogP contribution is 2.20. The van der Waals surface area contributed by atoms with Gasteiger partial charge in [-0.15, -0.1) is 0 Å². The average molecular weight is 252 g/mol. The Kier molecular flexibility index (Phi) is 4.29. The fourth-order valence-corrected chi connectivity index (χ4v) is 1.80. The summed E-state index contributed by atoms with van der Waals surface area (Å²) in [5.41, 5.74) is 6.84. The van der Waals surface area contributed by atoms with E-state index >= 15 is 0 Å². The molecule has 2 rings (SSSR count). The lowest BCUT2D eigenvalue weighted by Crippen LogP contribution is -2.40. The Morgan fingerprint density at radius 3 is 2.56 bits per heavy atom. The highest BCUT2D eigenvalue weighted by atomic mass is 16.5. The molecular formula is C11H20N6O. The highest BCUT2D eigenvalue weighted by molar-refractivity contribution is 5.56. The summed E-state index contributed by atoms with van der Waals surface area (Å²) in [5, 5.41) is 2.10. The largest absolute Gasteiger partial charge is 0.379 e. The first-order chi connectivity index (χ1) is 8.74. The Bertz CT molecular complexity index is 405. The highest BCUT2D eigenvalue weighted by Gasteiger charge is 2.14. The monoisotopic (exact) mass is 252 g/mol. The van der Waals surface area contributed by atoms with Crippen molar-refractivity contribution < 1.29 is 4.74 Å². The topological polar surface area (TPSA) is 88.3 Å². The van der Waals surface area contributed by atoms with Crippen molar-refractivity contribution in [1.29, 1.82) is 0 Å². The fourth-order valence-electron chi connectivity index (χ4n) is 1.80. The minimum atomic E-state index is 0.664. The van der Waals surface area contributed by atoms with E-state index in [-0.39, 0.29) is 0 Å². The number of hydrogen-bond donors (Lipinski definition) is 3. The predicted molar refractivity (Wildman–Crippen MR) is 70.0 cm³/mol. The van der Waals surface area contributed by atoms with Crippen LogP contribution in [-0.2, 0) is 11.2 Å². The van der Waals surface area contributed by atoms with Crippen LogP contribution in [0.5, 0.6) is 0 Å². The van der Waals surface area contributed by atoms with Gasteiger partial charge in [-0.05, 0) is 6.92 Å². The van der Waals surface area contributed by atoms with Crippen molar-refractivity contribution >= 4 is 11.6 Å². The molecule has 0 unspecified atom stereocenters. The molecule has 18 heavy (non-hydrogen) atoms. The van der Waals surface area contributed by atoms with Crippen LogP contribution in [0.15, 0.2) is 0 Å². The lowest BCUT2D eigenvalue weighted by molar-refractivity contribution is 0.0494. The van der Waals surface area contributed by atoms with Crippen LogP contribution in [0.25, 0.3) is 0 Å². The van der Waals surface area contributed by atoms with Crippen LogP contribution in [0, 0.1) is 6.92 Å². The number of anilines is 2. The normalized spacial score (nSPS) is 16.6. The van der Waals surface area contributed by atoms with Gasteiger partial charge in [-0.25, -0.2) is 20.8 Å². The van der Waals surface area contributed by atoms with Crippen molar-refractivity contribution in [2.24, 2.45) is 5.84 Å². The SMILES string of the molecule is CCc1nc(NN)c(C)c(NN2CCOCC2)n1. The number of morpholine rings is 1. The average Bonchev–Trinajstić information content (AvgIpc) is 2.42. The van der Waals surface area contributed by atoms with E-state index in [0.717, 1.165) is 49.9 Å². The molecule has 1 aromatic heterocycles. The van der Waals surface area contributed by atoms with Crippen LogP contribution >= 0.6 is 0 Å². The van der Waals surface area contributed by atoms with Gasteiger partial charge in [-0.3, -0.25) is 0 Å². The Morgan fingerprint density at radius 1 is 1.28 bits per heavy atom. The molecule has 0 atom stereocenters. The van der Waals surface area contributed by atoms with Crippen LogP contribution in [0.2, 0.25) is 0 Å². The molecule has 1 aliphatic rings. The third-order valence-electron chi connectivity index (χ3n) is 2.92. The molecule has 0 saturated carbocycles. The number of aryl methyl sites for hydroxylation is 1. The first kappa shape index (κ1) is 13.0. The van der Waals surface area contributed by atoms with Gasteiger partial charge < -0.3 is 15.6 Å². The van der Waals surface area contributed by atoms with E-state index < -0.39 is 0 Å². The van der Waals surface area contributed by atoms with Crippen molar-refractivity contribution in [3.63, 3.8) is 0 Å². The Hall–Kier alpha value is -1.44. The summed E-state index contributed by atoms with van der Waals surface area (Å²) in [4.78, 5) is 8.83. The number of hydrazine groups is 2. The standard InChI is InChI=1S/C11H20N6O/c1-3-9-13-10(15-12)8(2)11(14-9)16-17-4-6-18-7-5-17/h3-7,12H2,1-2H3,(H2,13,14,15,16). The summed E-state index contributed by atoms with van der Waals surface area (Å²) >= 11 is 0. The van der Waals surface area contributed by atoms with Crippen LogP contribution in [0.3, 0.4) is 0 Å². The van der Waals surface area contributed by atoms with Crippen molar-refractivity contribution in [2.45, 2.75) is 20.3 Å². The van der Waals surface area contributed by atoms with Gasteiger partial charge in [0.1, 0.15) is 17.5 Å². The molecule has 1 saturated heterocycles. The number of aromatic nitrogens is 2. The third kappa shape index (κ3) is 2.87. The van der Waals surface area contributed by atoms with Crippen molar-refractivity contribution in [3.8, 4) is 0 Å². The van der Waals surface area contributed by atoms with Gasteiger partial charge in [0.2, 0.25) is 0 Å². The predicted octanol–water partition coefficient (Wildman–Crippen LogP) is 0.292. The summed E-state index contributed by atoms with van der Waals surface area (Å²) in [6.45, 7) is 7.12. The van der Waals surface area contributed by atoms with E-state index in [4.69, 9.17) is 10.6 Å². The second-order valence-electron chi connectivity index (χ2n) is 4.17. The maximum Gasteiger partial charge on any atom is 0.149 e. The molecule has 7 nitrogen and oxygen atoms in total. The van der Waals surface area contributed by atoms with E-state index in [9.17, 15) is 0 Å². The van der Waals surface area contributed by atoms with Crippen molar-refractivity contribution in [1.82, 2.24) is 15.0 Å². The van der Waals surface area contributed by atoms with Gasteiger partial charge in [0.25, 0.3) is 0 Å². The zero-order valence-electron chi connectivity index (χ0n) is 10.9. The molecule has 0 aliphatic carbocycles.